The van der Waals surface area contributed by atoms with Crippen molar-refractivity contribution in [2.45, 2.75) is 89.5 Å². The summed E-state index contributed by atoms with van der Waals surface area (Å²) in [6.07, 6.45) is -0.973. The molecule has 1 aromatic rings. The molecule has 0 radical (unpaired) electrons. The third kappa shape index (κ3) is 2.42. The van der Waals surface area contributed by atoms with Crippen LogP contribution in [0.3, 0.4) is 0 Å². The van der Waals surface area contributed by atoms with Crippen LogP contribution in [0.1, 0.15) is 65.5 Å². The highest BCUT2D eigenvalue weighted by atomic mass is 16.7. The summed E-state index contributed by atoms with van der Waals surface area (Å²) in [5, 5.41) is 23.3. The molecule has 1 spiro atoms. The Morgan fingerprint density at radius 2 is 1.71 bits per heavy atom. The van der Waals surface area contributed by atoms with E-state index in [9.17, 15) is 24.6 Å². The SMILES string of the molecule is CC1(C)OC(=O)C[C@H](O)[C@]2(C)[C@@H]1CC(=O)[C@]1(C)[C@@H]2[C@H](O)C[C@]2(C)[C@H](c3ccoc3)OC(=O)[C@@H]3O[C@]321. The highest BCUT2D eigenvalue weighted by Gasteiger charge is 2.90. The number of hydrogen-bond donors (Lipinski definition) is 2. The molecule has 9 nitrogen and oxygen atoms in total. The summed E-state index contributed by atoms with van der Waals surface area (Å²) in [5.74, 6) is -2.57. The van der Waals surface area contributed by atoms with Gasteiger partial charge in [-0.05, 0) is 33.3 Å². The van der Waals surface area contributed by atoms with Crippen LogP contribution in [0.4, 0.5) is 0 Å². The van der Waals surface area contributed by atoms with E-state index in [1.165, 1.54) is 12.5 Å². The van der Waals surface area contributed by atoms with Crippen molar-refractivity contribution in [3.63, 3.8) is 0 Å². The van der Waals surface area contributed by atoms with E-state index in [1.54, 1.807) is 26.8 Å². The van der Waals surface area contributed by atoms with Crippen LogP contribution in [0.5, 0.6) is 0 Å². The molecule has 35 heavy (non-hydrogen) atoms. The number of rotatable bonds is 1. The van der Waals surface area contributed by atoms with Gasteiger partial charge in [-0.15, -0.1) is 0 Å². The third-order valence-electron chi connectivity index (χ3n) is 10.4. The van der Waals surface area contributed by atoms with Crippen molar-refractivity contribution in [3.8, 4) is 0 Å². The standard InChI is InChI=1S/C26H32O9/c1-22(2)14-8-16(29)25(5)18(24(14,4)15(28)9-17(30)34-22)13(27)10-23(3)19(12-6-7-32-11-12)33-21(31)20-26(23,25)35-20/h6-7,11,13-15,18-20,27-28H,8-10H2,1-5H3/t13-,14-,15+,18-,19+,20+,23-,24+,25-,26-/m1/s1. The molecule has 2 N–H and O–H groups in total. The molecule has 5 fully saturated rings. The lowest BCUT2D eigenvalue weighted by molar-refractivity contribution is -0.257. The van der Waals surface area contributed by atoms with Crippen LogP contribution in [0.25, 0.3) is 0 Å². The first kappa shape index (κ1) is 23.2. The number of carbonyl (C=O) groups is 3. The number of cyclic esters (lactones) is 2. The van der Waals surface area contributed by atoms with Gasteiger partial charge in [0.15, 0.2) is 6.10 Å². The molecule has 0 aromatic carbocycles. The fourth-order valence-corrected chi connectivity index (χ4v) is 9.05. The normalized spacial score (nSPS) is 52.1. The predicted octanol–water partition coefficient (Wildman–Crippen LogP) is 2.09. The zero-order valence-corrected chi connectivity index (χ0v) is 20.6. The van der Waals surface area contributed by atoms with Crippen LogP contribution in [-0.2, 0) is 28.6 Å². The number of aliphatic hydroxyl groups is 2. The maximum absolute atomic E-state index is 14.2. The molecular weight excluding hydrogens is 456 g/mol. The van der Waals surface area contributed by atoms with E-state index in [1.807, 2.05) is 13.8 Å². The second kappa shape index (κ2) is 6.55. The number of furan rings is 1. The molecule has 6 rings (SSSR count). The van der Waals surface area contributed by atoms with Crippen molar-refractivity contribution in [3.05, 3.63) is 24.2 Å². The Kier molecular flexibility index (Phi) is 4.34. The predicted molar refractivity (Wildman–Crippen MR) is 117 cm³/mol. The largest absolute Gasteiger partial charge is 0.472 e. The number of hydrogen-bond acceptors (Lipinski definition) is 9. The van der Waals surface area contributed by atoms with E-state index in [0.29, 0.717) is 5.56 Å². The van der Waals surface area contributed by atoms with Crippen LogP contribution in [0, 0.1) is 28.1 Å². The molecule has 0 amide bonds. The lowest BCUT2D eigenvalue weighted by atomic mass is 9.36. The fourth-order valence-electron chi connectivity index (χ4n) is 9.05. The van der Waals surface area contributed by atoms with Crippen molar-refractivity contribution >= 4 is 17.7 Å². The summed E-state index contributed by atoms with van der Waals surface area (Å²) in [5.41, 5.74) is -4.94. The van der Waals surface area contributed by atoms with Gasteiger partial charge in [0.1, 0.15) is 23.1 Å². The molecule has 0 unspecified atom stereocenters. The minimum absolute atomic E-state index is 0.0207. The summed E-state index contributed by atoms with van der Waals surface area (Å²) in [6.45, 7) is 9.01. The lowest BCUT2D eigenvalue weighted by Crippen LogP contribution is -2.75. The van der Waals surface area contributed by atoms with Gasteiger partial charge >= 0.3 is 11.9 Å². The van der Waals surface area contributed by atoms with Gasteiger partial charge in [0.25, 0.3) is 0 Å². The zero-order valence-electron chi connectivity index (χ0n) is 20.6. The summed E-state index contributed by atoms with van der Waals surface area (Å²) in [6, 6.07) is 1.71. The fraction of sp³-hybridized carbons (Fsp3) is 0.731. The molecule has 5 aliphatic rings. The Labute approximate surface area is 203 Å². The summed E-state index contributed by atoms with van der Waals surface area (Å²) in [7, 11) is 0. The van der Waals surface area contributed by atoms with Gasteiger partial charge in [0.05, 0.1) is 36.6 Å². The molecular formula is C26H32O9. The Morgan fingerprint density at radius 1 is 1.00 bits per heavy atom. The number of ketones is 1. The molecule has 1 aromatic heterocycles. The second-order valence-corrected chi connectivity index (χ2v) is 12.3. The number of ether oxygens (including phenoxy) is 3. The van der Waals surface area contributed by atoms with E-state index in [2.05, 4.69) is 0 Å². The van der Waals surface area contributed by atoms with Crippen molar-refractivity contribution in [1.82, 2.24) is 0 Å². The topological polar surface area (TPSA) is 136 Å². The smallest absolute Gasteiger partial charge is 0.339 e. The van der Waals surface area contributed by atoms with Gasteiger partial charge in [0, 0.05) is 34.7 Å². The van der Waals surface area contributed by atoms with Crippen molar-refractivity contribution in [2.75, 3.05) is 0 Å². The average Bonchev–Trinajstić information content (AvgIpc) is 3.34. The minimum atomic E-state index is -1.32. The van der Waals surface area contributed by atoms with E-state index < -0.39 is 75.6 Å². The maximum atomic E-state index is 14.2. The first-order valence-corrected chi connectivity index (χ1v) is 12.3. The van der Waals surface area contributed by atoms with Crippen LogP contribution in [-0.4, -0.2) is 57.4 Å². The molecule has 9 heteroatoms. The number of aliphatic hydroxyl groups excluding tert-OH is 2. The average molecular weight is 489 g/mol. The van der Waals surface area contributed by atoms with E-state index >= 15 is 0 Å². The number of fused-ring (bicyclic) bond motifs is 3. The summed E-state index contributed by atoms with van der Waals surface area (Å²) < 4.78 is 23.0. The monoisotopic (exact) mass is 488 g/mol. The highest BCUT2D eigenvalue weighted by molar-refractivity contribution is 5.93. The van der Waals surface area contributed by atoms with Crippen LogP contribution >= 0.6 is 0 Å². The van der Waals surface area contributed by atoms with Crippen LogP contribution in [0.15, 0.2) is 23.0 Å². The summed E-state index contributed by atoms with van der Waals surface area (Å²) in [4.78, 5) is 39.9. The van der Waals surface area contributed by atoms with E-state index in [-0.39, 0.29) is 25.0 Å². The molecule has 10 atom stereocenters. The van der Waals surface area contributed by atoms with Gasteiger partial charge < -0.3 is 28.8 Å². The van der Waals surface area contributed by atoms with Gasteiger partial charge in [-0.1, -0.05) is 13.8 Å². The van der Waals surface area contributed by atoms with E-state index in [0.717, 1.165) is 0 Å². The van der Waals surface area contributed by atoms with Crippen molar-refractivity contribution in [2.24, 2.45) is 28.1 Å². The number of carbonyl (C=O) groups excluding carboxylic acids is 3. The number of Topliss-reactive ketones (excluding diaryl/α,β-unsaturated/α-hetero) is 1. The molecule has 190 valence electrons. The number of epoxide rings is 1. The minimum Gasteiger partial charge on any atom is -0.472 e. The molecule has 2 aliphatic carbocycles. The highest BCUT2D eigenvalue weighted by Crippen LogP contribution is 2.78. The van der Waals surface area contributed by atoms with Gasteiger partial charge in [0.2, 0.25) is 0 Å². The van der Waals surface area contributed by atoms with Crippen LogP contribution < -0.4 is 0 Å². The zero-order chi connectivity index (χ0) is 25.3. The quantitative estimate of drug-likeness (QED) is 0.450. The molecule has 3 saturated heterocycles. The Bertz CT molecular complexity index is 1130. The third-order valence-corrected chi connectivity index (χ3v) is 10.4. The van der Waals surface area contributed by atoms with Crippen molar-refractivity contribution in [1.29, 1.82) is 0 Å². The van der Waals surface area contributed by atoms with Gasteiger partial charge in [-0.25, -0.2) is 4.79 Å². The Hall–Kier alpha value is -2.23. The lowest BCUT2D eigenvalue weighted by Gasteiger charge is -2.67. The summed E-state index contributed by atoms with van der Waals surface area (Å²) >= 11 is 0. The molecule has 3 aliphatic heterocycles. The maximum Gasteiger partial charge on any atom is 0.339 e. The number of esters is 2. The molecule has 0 bridgehead atoms. The molecule has 4 heterocycles. The second-order valence-electron chi connectivity index (χ2n) is 12.3. The first-order valence-electron chi connectivity index (χ1n) is 12.3. The van der Waals surface area contributed by atoms with Gasteiger partial charge in [-0.3, -0.25) is 9.59 Å². The Balaban J connectivity index is 1.56. The Morgan fingerprint density at radius 3 is 2.37 bits per heavy atom. The molecule has 2 saturated carbocycles. The van der Waals surface area contributed by atoms with Crippen LogP contribution in [0.2, 0.25) is 0 Å². The first-order chi connectivity index (χ1) is 16.2. The van der Waals surface area contributed by atoms with Crippen molar-refractivity contribution < 1.29 is 43.2 Å². The van der Waals surface area contributed by atoms with E-state index in [4.69, 9.17) is 18.6 Å². The van der Waals surface area contributed by atoms with Gasteiger partial charge in [-0.2, -0.15) is 0 Å².